The number of aromatic amines is 1. The Labute approximate surface area is 120 Å². The van der Waals surface area contributed by atoms with Crippen LogP contribution in [0.2, 0.25) is 0 Å². The van der Waals surface area contributed by atoms with Crippen LogP contribution in [0.15, 0.2) is 41.8 Å². The molecule has 0 aliphatic rings. The van der Waals surface area contributed by atoms with E-state index in [1.807, 2.05) is 0 Å². The summed E-state index contributed by atoms with van der Waals surface area (Å²) in [5.74, 6) is 0. The fourth-order valence-electron chi connectivity index (χ4n) is 1.73. The molecule has 0 radical (unpaired) electrons. The molecule has 0 saturated heterocycles. The van der Waals surface area contributed by atoms with Crippen molar-refractivity contribution in [3.05, 3.63) is 42.5 Å². The van der Waals surface area contributed by atoms with Gasteiger partial charge in [0.25, 0.3) is 10.0 Å². The highest BCUT2D eigenvalue weighted by atomic mass is 32.2. The largest absolute Gasteiger partial charge is 0.284 e. The SMILES string of the molecule is Cc1ccc(-n2cnnn2)cc1NS(=O)(=O)c1cn[nH]c1. The monoisotopic (exact) mass is 305 g/mol. The second kappa shape index (κ2) is 4.98. The lowest BCUT2D eigenvalue weighted by molar-refractivity contribution is 0.601. The molecule has 0 spiro atoms. The van der Waals surface area contributed by atoms with Gasteiger partial charge in [0.2, 0.25) is 0 Å². The van der Waals surface area contributed by atoms with Crippen LogP contribution in [0.25, 0.3) is 5.69 Å². The van der Waals surface area contributed by atoms with Gasteiger partial charge in [0.05, 0.1) is 17.6 Å². The Morgan fingerprint density at radius 1 is 1.33 bits per heavy atom. The summed E-state index contributed by atoms with van der Waals surface area (Å²) < 4.78 is 28.4. The Morgan fingerprint density at radius 2 is 2.19 bits per heavy atom. The Kier molecular flexibility index (Phi) is 3.14. The fraction of sp³-hybridized carbons (Fsp3) is 0.0909. The minimum Gasteiger partial charge on any atom is -0.284 e. The molecule has 0 saturated carbocycles. The van der Waals surface area contributed by atoms with Gasteiger partial charge in [-0.1, -0.05) is 6.07 Å². The number of nitrogens with zero attached hydrogens (tertiary/aromatic N) is 5. The summed E-state index contributed by atoms with van der Waals surface area (Å²) in [5, 5.41) is 17.0. The van der Waals surface area contributed by atoms with Crippen LogP contribution in [-0.2, 0) is 10.0 Å². The first-order valence-electron chi connectivity index (χ1n) is 5.92. The Hall–Kier alpha value is -2.75. The zero-order chi connectivity index (χ0) is 14.9. The number of rotatable bonds is 4. The zero-order valence-corrected chi connectivity index (χ0v) is 11.7. The third-order valence-electron chi connectivity index (χ3n) is 2.86. The molecule has 3 aromatic rings. The Balaban J connectivity index is 1.97. The molecule has 0 unspecified atom stereocenters. The highest BCUT2D eigenvalue weighted by molar-refractivity contribution is 7.92. The van der Waals surface area contributed by atoms with Crippen molar-refractivity contribution in [2.75, 3.05) is 4.72 Å². The van der Waals surface area contributed by atoms with E-state index in [1.165, 1.54) is 23.4 Å². The van der Waals surface area contributed by atoms with E-state index in [-0.39, 0.29) is 4.90 Å². The third-order valence-corrected chi connectivity index (χ3v) is 4.19. The van der Waals surface area contributed by atoms with Crippen molar-refractivity contribution in [3.63, 3.8) is 0 Å². The minimum atomic E-state index is -3.68. The van der Waals surface area contributed by atoms with Crippen LogP contribution in [0.1, 0.15) is 5.56 Å². The van der Waals surface area contributed by atoms with E-state index in [4.69, 9.17) is 0 Å². The summed E-state index contributed by atoms with van der Waals surface area (Å²) in [6.45, 7) is 1.80. The Bertz CT molecular complexity index is 841. The standard InChI is InChI=1S/C11H11N7O2S/c1-8-2-3-9(18-7-14-16-17-18)4-11(8)15-21(19,20)10-5-12-13-6-10/h2-7,15H,1H3,(H,12,13). The van der Waals surface area contributed by atoms with Crippen LogP contribution >= 0.6 is 0 Å². The van der Waals surface area contributed by atoms with Crippen molar-refractivity contribution < 1.29 is 8.42 Å². The first-order valence-corrected chi connectivity index (χ1v) is 7.40. The fourth-order valence-corrected chi connectivity index (χ4v) is 2.76. The maximum Gasteiger partial charge on any atom is 0.265 e. The summed E-state index contributed by atoms with van der Waals surface area (Å²) in [5.41, 5.74) is 1.87. The lowest BCUT2D eigenvalue weighted by atomic mass is 10.2. The molecule has 9 nitrogen and oxygen atoms in total. The van der Waals surface area contributed by atoms with Gasteiger partial charge in [-0.3, -0.25) is 9.82 Å². The summed E-state index contributed by atoms with van der Waals surface area (Å²) in [6, 6.07) is 5.23. The molecule has 0 fully saturated rings. The number of anilines is 1. The van der Waals surface area contributed by atoms with E-state index < -0.39 is 10.0 Å². The molecule has 1 aromatic carbocycles. The smallest absolute Gasteiger partial charge is 0.265 e. The highest BCUT2D eigenvalue weighted by Gasteiger charge is 2.16. The lowest BCUT2D eigenvalue weighted by Gasteiger charge is -2.10. The van der Waals surface area contributed by atoms with E-state index >= 15 is 0 Å². The summed E-state index contributed by atoms with van der Waals surface area (Å²) >= 11 is 0. The molecular weight excluding hydrogens is 294 g/mol. The average Bonchev–Trinajstić information content (AvgIpc) is 3.14. The van der Waals surface area contributed by atoms with E-state index in [0.29, 0.717) is 11.4 Å². The van der Waals surface area contributed by atoms with Gasteiger partial charge in [-0.2, -0.15) is 5.10 Å². The topological polar surface area (TPSA) is 118 Å². The van der Waals surface area contributed by atoms with Gasteiger partial charge < -0.3 is 0 Å². The van der Waals surface area contributed by atoms with E-state index in [0.717, 1.165) is 5.56 Å². The average molecular weight is 305 g/mol. The predicted octanol–water partition coefficient (Wildman–Crippen LogP) is 0.495. The van der Waals surface area contributed by atoms with Crippen molar-refractivity contribution in [2.45, 2.75) is 11.8 Å². The number of tetrazole rings is 1. The number of nitrogens with one attached hydrogen (secondary N) is 2. The lowest BCUT2D eigenvalue weighted by Crippen LogP contribution is -2.13. The summed E-state index contributed by atoms with van der Waals surface area (Å²) in [6.07, 6.45) is 3.98. The van der Waals surface area contributed by atoms with Crippen molar-refractivity contribution >= 4 is 15.7 Å². The number of aromatic nitrogens is 6. The number of sulfonamides is 1. The van der Waals surface area contributed by atoms with Gasteiger partial charge in [-0.15, -0.1) is 5.10 Å². The van der Waals surface area contributed by atoms with Crippen LogP contribution in [0.4, 0.5) is 5.69 Å². The molecule has 2 heterocycles. The van der Waals surface area contributed by atoms with Gasteiger partial charge in [-0.25, -0.2) is 13.1 Å². The molecule has 0 bridgehead atoms. The minimum absolute atomic E-state index is 0.0646. The Morgan fingerprint density at radius 3 is 2.86 bits per heavy atom. The number of hydrogen-bond donors (Lipinski definition) is 2. The van der Waals surface area contributed by atoms with Crippen LogP contribution in [0.3, 0.4) is 0 Å². The molecule has 10 heteroatoms. The van der Waals surface area contributed by atoms with Crippen molar-refractivity contribution in [1.82, 2.24) is 30.4 Å². The second-order valence-corrected chi connectivity index (χ2v) is 5.98. The van der Waals surface area contributed by atoms with Crippen molar-refractivity contribution in [2.24, 2.45) is 0 Å². The molecular formula is C11H11N7O2S. The number of H-pyrrole nitrogens is 1. The van der Waals surface area contributed by atoms with Crippen molar-refractivity contribution in [1.29, 1.82) is 0 Å². The molecule has 0 aliphatic heterocycles. The van der Waals surface area contributed by atoms with Crippen LogP contribution in [0.5, 0.6) is 0 Å². The molecule has 108 valence electrons. The third kappa shape index (κ3) is 2.60. The van der Waals surface area contributed by atoms with Crippen LogP contribution in [0, 0.1) is 6.92 Å². The molecule has 0 atom stereocenters. The molecule has 3 rings (SSSR count). The summed E-state index contributed by atoms with van der Waals surface area (Å²) in [7, 11) is -3.68. The molecule has 0 amide bonds. The van der Waals surface area contributed by atoms with Gasteiger partial charge in [0.1, 0.15) is 11.2 Å². The highest BCUT2D eigenvalue weighted by Crippen LogP contribution is 2.22. The van der Waals surface area contributed by atoms with Gasteiger partial charge >= 0.3 is 0 Å². The molecule has 2 N–H and O–H groups in total. The molecule has 2 aromatic heterocycles. The number of hydrogen-bond acceptors (Lipinski definition) is 6. The predicted molar refractivity (Wildman–Crippen MR) is 73.3 cm³/mol. The van der Waals surface area contributed by atoms with Crippen LogP contribution < -0.4 is 4.72 Å². The maximum absolute atomic E-state index is 12.2. The number of benzene rings is 1. The quantitative estimate of drug-likeness (QED) is 0.724. The van der Waals surface area contributed by atoms with Gasteiger partial charge in [0.15, 0.2) is 0 Å². The first kappa shape index (κ1) is 13.2. The first-order chi connectivity index (χ1) is 10.1. The van der Waals surface area contributed by atoms with Gasteiger partial charge in [0, 0.05) is 6.20 Å². The molecule has 0 aliphatic carbocycles. The zero-order valence-electron chi connectivity index (χ0n) is 10.9. The van der Waals surface area contributed by atoms with E-state index in [9.17, 15) is 8.42 Å². The maximum atomic E-state index is 12.2. The van der Waals surface area contributed by atoms with E-state index in [1.54, 1.807) is 25.1 Å². The number of aryl methyl sites for hydroxylation is 1. The normalized spacial score (nSPS) is 11.5. The second-order valence-electron chi connectivity index (χ2n) is 4.29. The van der Waals surface area contributed by atoms with Crippen LogP contribution in [-0.4, -0.2) is 38.8 Å². The van der Waals surface area contributed by atoms with Crippen molar-refractivity contribution in [3.8, 4) is 5.69 Å². The van der Waals surface area contributed by atoms with Gasteiger partial charge in [-0.05, 0) is 35.0 Å². The molecule has 21 heavy (non-hydrogen) atoms. The summed E-state index contributed by atoms with van der Waals surface area (Å²) in [4.78, 5) is 0.0646. The van der Waals surface area contributed by atoms with E-state index in [2.05, 4.69) is 30.4 Å².